The normalized spacial score (nSPS) is 20.4. The summed E-state index contributed by atoms with van der Waals surface area (Å²) in [4.78, 5) is 27.2. The fraction of sp³-hybridized carbons (Fsp3) is 0.243. The molecule has 8 rings (SSSR count). The number of halogens is 3. The molecule has 1 amide bonds. The van der Waals surface area contributed by atoms with Gasteiger partial charge in [-0.05, 0) is 82.3 Å². The summed E-state index contributed by atoms with van der Waals surface area (Å²) >= 11 is 0. The molecule has 3 aliphatic rings. The predicted octanol–water partition coefficient (Wildman–Crippen LogP) is 8.78. The summed E-state index contributed by atoms with van der Waals surface area (Å²) in [6.07, 6.45) is -2.59. The predicted molar refractivity (Wildman–Crippen MR) is 163 cm³/mol. The van der Waals surface area contributed by atoms with Crippen molar-refractivity contribution in [1.29, 1.82) is 0 Å². The van der Waals surface area contributed by atoms with Crippen LogP contribution in [-0.2, 0) is 29.5 Å². The number of aliphatic carboxylic acids is 1. The summed E-state index contributed by atoms with van der Waals surface area (Å²) in [6, 6.07) is 29.5. The monoisotopic (exact) mass is 609 g/mol. The standard InChI is InChI=1S/C37H30F3NO4/c1-23-9-12-26-5-2-3-8-30(26)32(23)33(42)41(19-29-15-16-31(45-29)37(38,39)40)18-24-10-13-25(14-11-24)27-6-4-7-28(17-27)35-20-36(21-35,22-35)34(43)44/h2-17H,18-22H2,1H3,(H,43,44). The largest absolute Gasteiger partial charge is 0.481 e. The lowest BCUT2D eigenvalue weighted by molar-refractivity contribution is -0.194. The third kappa shape index (κ3) is 4.98. The minimum absolute atomic E-state index is 0.0419. The first-order chi connectivity index (χ1) is 21.5. The molecular formula is C37H30F3NO4. The van der Waals surface area contributed by atoms with E-state index in [1.807, 2.05) is 79.7 Å². The average Bonchev–Trinajstić information content (AvgIpc) is 3.45. The fourth-order valence-electron chi connectivity index (χ4n) is 7.20. The molecule has 0 aliphatic heterocycles. The molecule has 0 unspecified atom stereocenters. The van der Waals surface area contributed by atoms with Crippen molar-refractivity contribution in [2.75, 3.05) is 0 Å². The summed E-state index contributed by atoms with van der Waals surface area (Å²) in [7, 11) is 0. The van der Waals surface area contributed by atoms with E-state index >= 15 is 0 Å². The van der Waals surface area contributed by atoms with Gasteiger partial charge < -0.3 is 14.4 Å². The number of furan rings is 1. The average molecular weight is 610 g/mol. The van der Waals surface area contributed by atoms with Gasteiger partial charge in [0.05, 0.1) is 17.5 Å². The van der Waals surface area contributed by atoms with Crippen molar-refractivity contribution < 1.29 is 32.3 Å². The van der Waals surface area contributed by atoms with E-state index in [4.69, 9.17) is 4.42 Å². The van der Waals surface area contributed by atoms with Crippen LogP contribution in [0.4, 0.5) is 13.2 Å². The molecule has 0 saturated heterocycles. The van der Waals surface area contributed by atoms with Crippen molar-refractivity contribution in [2.45, 2.75) is 50.9 Å². The highest BCUT2D eigenvalue weighted by Crippen LogP contribution is 2.73. The molecule has 5 nitrogen and oxygen atoms in total. The summed E-state index contributed by atoms with van der Waals surface area (Å²) in [5.41, 5.74) is 4.64. The van der Waals surface area contributed by atoms with E-state index in [1.54, 1.807) is 0 Å². The Hall–Kier alpha value is -4.85. The molecule has 1 aromatic heterocycles. The topological polar surface area (TPSA) is 70.8 Å². The number of rotatable bonds is 8. The molecule has 0 atom stereocenters. The zero-order valence-electron chi connectivity index (χ0n) is 24.5. The first kappa shape index (κ1) is 28.9. The number of carbonyl (C=O) groups is 2. The molecule has 3 fully saturated rings. The molecule has 3 saturated carbocycles. The first-order valence-corrected chi connectivity index (χ1v) is 14.8. The van der Waals surface area contributed by atoms with Gasteiger partial charge in [0.25, 0.3) is 5.91 Å². The van der Waals surface area contributed by atoms with E-state index < -0.39 is 23.3 Å². The first-order valence-electron chi connectivity index (χ1n) is 14.8. The molecule has 228 valence electrons. The van der Waals surface area contributed by atoms with Crippen LogP contribution in [0.15, 0.2) is 101 Å². The highest BCUT2D eigenvalue weighted by Gasteiger charge is 2.72. The van der Waals surface area contributed by atoms with Crippen molar-refractivity contribution in [2.24, 2.45) is 5.41 Å². The third-order valence-electron chi connectivity index (χ3n) is 9.55. The Bertz CT molecular complexity index is 1940. The molecule has 4 aromatic carbocycles. The Morgan fingerprint density at radius 2 is 1.58 bits per heavy atom. The van der Waals surface area contributed by atoms with Gasteiger partial charge in [-0.2, -0.15) is 13.2 Å². The van der Waals surface area contributed by atoms with Crippen LogP contribution in [0.5, 0.6) is 0 Å². The van der Waals surface area contributed by atoms with E-state index in [-0.39, 0.29) is 30.2 Å². The van der Waals surface area contributed by atoms with Crippen molar-refractivity contribution >= 4 is 22.6 Å². The van der Waals surface area contributed by atoms with Gasteiger partial charge in [0.1, 0.15) is 5.76 Å². The van der Waals surface area contributed by atoms with Gasteiger partial charge in [-0.25, -0.2) is 0 Å². The second-order valence-corrected chi connectivity index (χ2v) is 12.6. The lowest BCUT2D eigenvalue weighted by Crippen LogP contribution is -2.67. The van der Waals surface area contributed by atoms with Gasteiger partial charge in [-0.1, -0.05) is 84.9 Å². The van der Waals surface area contributed by atoms with Crippen LogP contribution in [0.1, 0.15) is 57.8 Å². The number of hydrogen-bond acceptors (Lipinski definition) is 3. The Kier molecular flexibility index (Phi) is 6.65. The van der Waals surface area contributed by atoms with Crippen molar-refractivity contribution in [3.8, 4) is 11.1 Å². The highest BCUT2D eigenvalue weighted by molar-refractivity contribution is 6.08. The molecule has 5 aromatic rings. The summed E-state index contributed by atoms with van der Waals surface area (Å²) in [5, 5.41) is 11.2. The Morgan fingerprint density at radius 3 is 2.27 bits per heavy atom. The van der Waals surface area contributed by atoms with Crippen molar-refractivity contribution in [3.63, 3.8) is 0 Å². The maximum absolute atomic E-state index is 14.1. The number of fused-ring (bicyclic) bond motifs is 1. The van der Waals surface area contributed by atoms with Crippen molar-refractivity contribution in [1.82, 2.24) is 4.90 Å². The minimum Gasteiger partial charge on any atom is -0.481 e. The number of carboxylic acid groups (broad SMARTS) is 1. The molecule has 8 heteroatoms. The van der Waals surface area contributed by atoms with Gasteiger partial charge in [0.15, 0.2) is 0 Å². The van der Waals surface area contributed by atoms with E-state index in [0.29, 0.717) is 24.8 Å². The van der Waals surface area contributed by atoms with Gasteiger partial charge in [-0.3, -0.25) is 9.59 Å². The van der Waals surface area contributed by atoms with Crippen LogP contribution in [0.3, 0.4) is 0 Å². The molecule has 45 heavy (non-hydrogen) atoms. The Balaban J connectivity index is 1.16. The van der Waals surface area contributed by atoms with Crippen LogP contribution in [0, 0.1) is 12.3 Å². The van der Waals surface area contributed by atoms with Crippen LogP contribution >= 0.6 is 0 Å². The number of amides is 1. The molecule has 1 heterocycles. The number of alkyl halides is 3. The van der Waals surface area contributed by atoms with Gasteiger partial charge in [0, 0.05) is 6.54 Å². The second kappa shape index (κ2) is 10.4. The van der Waals surface area contributed by atoms with Crippen LogP contribution in [-0.4, -0.2) is 21.9 Å². The Morgan fingerprint density at radius 1 is 0.844 bits per heavy atom. The van der Waals surface area contributed by atoms with E-state index in [1.165, 1.54) is 11.0 Å². The zero-order chi connectivity index (χ0) is 31.6. The molecular weight excluding hydrogens is 579 g/mol. The Labute approximate surface area is 257 Å². The van der Waals surface area contributed by atoms with Gasteiger partial charge in [-0.15, -0.1) is 0 Å². The van der Waals surface area contributed by atoms with E-state index in [0.717, 1.165) is 44.7 Å². The SMILES string of the molecule is Cc1ccc2ccccc2c1C(=O)N(Cc1ccc(-c2cccc(C34CC(C(=O)O)(C3)C4)c2)cc1)Cc1ccc(C(F)(F)F)o1. The van der Waals surface area contributed by atoms with E-state index in [9.17, 15) is 27.9 Å². The fourth-order valence-corrected chi connectivity index (χ4v) is 7.20. The smallest absolute Gasteiger partial charge is 0.449 e. The lowest BCUT2D eigenvalue weighted by atomic mass is 9.33. The van der Waals surface area contributed by atoms with Crippen LogP contribution in [0.2, 0.25) is 0 Å². The lowest BCUT2D eigenvalue weighted by Gasteiger charge is -2.68. The van der Waals surface area contributed by atoms with E-state index in [2.05, 4.69) is 12.1 Å². The summed E-state index contributed by atoms with van der Waals surface area (Å²) in [5.74, 6) is -2.06. The number of nitrogens with zero attached hydrogens (tertiary/aromatic N) is 1. The van der Waals surface area contributed by atoms with Crippen LogP contribution < -0.4 is 0 Å². The number of benzene rings is 4. The molecule has 1 N–H and O–H groups in total. The number of hydrogen-bond donors (Lipinski definition) is 1. The summed E-state index contributed by atoms with van der Waals surface area (Å²) in [6.45, 7) is 1.87. The van der Waals surface area contributed by atoms with Crippen LogP contribution in [0.25, 0.3) is 21.9 Å². The van der Waals surface area contributed by atoms with Crippen molar-refractivity contribution in [3.05, 3.63) is 131 Å². The van der Waals surface area contributed by atoms with Gasteiger partial charge >= 0.3 is 12.1 Å². The second-order valence-electron chi connectivity index (χ2n) is 12.6. The molecule has 2 bridgehead atoms. The number of carboxylic acids is 1. The molecule has 0 spiro atoms. The highest BCUT2D eigenvalue weighted by atomic mass is 19.4. The number of carbonyl (C=O) groups excluding carboxylic acids is 1. The maximum atomic E-state index is 14.1. The zero-order valence-corrected chi connectivity index (χ0v) is 24.5. The maximum Gasteiger partial charge on any atom is 0.449 e. The molecule has 0 radical (unpaired) electrons. The minimum atomic E-state index is -4.62. The van der Waals surface area contributed by atoms with Gasteiger partial charge in [0.2, 0.25) is 5.76 Å². The number of aryl methyl sites for hydroxylation is 1. The molecule has 3 aliphatic carbocycles. The third-order valence-corrected chi connectivity index (χ3v) is 9.55. The summed E-state index contributed by atoms with van der Waals surface area (Å²) < 4.78 is 45.0. The quantitative estimate of drug-likeness (QED) is 0.191.